The fraction of sp³-hybridized carbons (Fsp3) is 0.409. The van der Waals surface area contributed by atoms with Crippen LogP contribution in [0.4, 0.5) is 0 Å². The van der Waals surface area contributed by atoms with Crippen LogP contribution >= 0.6 is 0 Å². The summed E-state index contributed by atoms with van der Waals surface area (Å²) in [6, 6.07) is 15.9. The minimum absolute atomic E-state index is 0. The Morgan fingerprint density at radius 2 is 1.15 bits per heavy atom. The number of benzene rings is 2. The predicted octanol–water partition coefficient (Wildman–Crippen LogP) is 1.81. The van der Waals surface area contributed by atoms with Crippen molar-refractivity contribution in [2.24, 2.45) is 11.8 Å². The maximum Gasteiger partial charge on any atom is 1.00 e. The summed E-state index contributed by atoms with van der Waals surface area (Å²) in [4.78, 5) is 10.3. The molecule has 3 radical (unpaired) electrons. The molecule has 0 aliphatic rings. The number of carbonyl (C=O) groups excluding carboxylic acids is 1. The molecule has 2 aromatic carbocycles. The fourth-order valence-electron chi connectivity index (χ4n) is 2.46. The second-order valence-electron chi connectivity index (χ2n) is 7.03. The molecule has 2 rings (SSSR count). The van der Waals surface area contributed by atoms with Gasteiger partial charge in [-0.3, -0.25) is 4.79 Å². The van der Waals surface area contributed by atoms with E-state index >= 15 is 0 Å². The van der Waals surface area contributed by atoms with Gasteiger partial charge in [-0.25, -0.2) is 0 Å². The van der Waals surface area contributed by atoms with Gasteiger partial charge in [0.1, 0.15) is 6.29 Å². The van der Waals surface area contributed by atoms with Crippen molar-refractivity contribution in [3.8, 4) is 0 Å². The Kier molecular flexibility index (Phi) is 16.0. The number of aliphatic hydroxyl groups excluding tert-OH is 1. The van der Waals surface area contributed by atoms with Crippen molar-refractivity contribution in [1.29, 1.82) is 0 Å². The topological polar surface area (TPSA) is 37.3 Å². The molecule has 0 amide bonds. The molecule has 0 fully saturated rings. The van der Waals surface area contributed by atoms with E-state index in [-0.39, 0.29) is 46.0 Å². The van der Waals surface area contributed by atoms with E-state index in [9.17, 15) is 4.79 Å². The number of rotatable bonds is 6. The average Bonchev–Trinajstić information content (AvgIpc) is 2.56. The number of hydrogen-bond donors (Lipinski definition) is 1. The van der Waals surface area contributed by atoms with Crippen molar-refractivity contribution in [3.63, 3.8) is 0 Å². The first-order chi connectivity index (χ1) is 11.4. The van der Waals surface area contributed by atoms with Crippen LogP contribution in [0.1, 0.15) is 56.2 Å². The largest absolute Gasteiger partial charge is 1.00 e. The van der Waals surface area contributed by atoms with Gasteiger partial charge in [0.05, 0.1) is 6.61 Å². The summed E-state index contributed by atoms with van der Waals surface area (Å²) in [5.41, 5.74) is 4.39. The molecule has 4 heteroatoms. The van der Waals surface area contributed by atoms with Gasteiger partial charge in [-0.05, 0) is 41.4 Å². The molecule has 26 heavy (non-hydrogen) atoms. The fourth-order valence-corrected chi connectivity index (χ4v) is 2.46. The van der Waals surface area contributed by atoms with E-state index in [1.54, 1.807) is 0 Å². The molecule has 2 aromatic rings. The van der Waals surface area contributed by atoms with Crippen LogP contribution in [0, 0.1) is 11.8 Å². The van der Waals surface area contributed by atoms with Gasteiger partial charge in [-0.1, -0.05) is 76.2 Å². The Labute approximate surface area is 184 Å². The zero-order valence-electron chi connectivity index (χ0n) is 17.9. The maximum absolute atomic E-state index is 10.3. The van der Waals surface area contributed by atoms with Gasteiger partial charge in [0, 0.05) is 14.0 Å². The predicted molar refractivity (Wildman–Crippen MR) is 108 cm³/mol. The summed E-state index contributed by atoms with van der Waals surface area (Å²) in [6.07, 6.45) is 3.07. The van der Waals surface area contributed by atoms with Crippen LogP contribution in [0.2, 0.25) is 0 Å². The Hall–Kier alpha value is -0.865. The van der Waals surface area contributed by atoms with Crippen molar-refractivity contribution < 1.29 is 40.9 Å². The molecule has 2 nitrogen and oxygen atoms in total. The zero-order valence-corrected chi connectivity index (χ0v) is 18.9. The summed E-state index contributed by atoms with van der Waals surface area (Å²) in [7, 11) is 0. The molecule has 1 N–H and O–H groups in total. The van der Waals surface area contributed by atoms with Gasteiger partial charge in [0.2, 0.25) is 0 Å². The Morgan fingerprint density at radius 3 is 1.46 bits per heavy atom. The van der Waals surface area contributed by atoms with Crippen LogP contribution < -0.4 is 29.6 Å². The molecule has 0 aliphatic heterocycles. The molecule has 0 aromatic heterocycles. The third-order valence-corrected chi connectivity index (χ3v) is 3.61. The van der Waals surface area contributed by atoms with Gasteiger partial charge in [0.25, 0.3) is 0 Å². The van der Waals surface area contributed by atoms with Crippen LogP contribution in [0.5, 0.6) is 0 Å². The first-order valence-corrected chi connectivity index (χ1v) is 8.67. The van der Waals surface area contributed by atoms with Crippen molar-refractivity contribution >= 4 is 14.7 Å². The molecule has 0 atom stereocenters. The molecule has 0 saturated carbocycles. The molecular weight excluding hydrogens is 330 g/mol. The van der Waals surface area contributed by atoms with Gasteiger partial charge in [-0.15, -0.1) is 0 Å². The first kappa shape index (κ1) is 27.4. The molecule has 0 unspecified atom stereocenters. The van der Waals surface area contributed by atoms with Crippen molar-refractivity contribution in [2.45, 2.75) is 47.1 Å². The Morgan fingerprint density at radius 1 is 0.808 bits per heavy atom. The molecule has 0 aliphatic carbocycles. The minimum Gasteiger partial charge on any atom is -1.00 e. The van der Waals surface area contributed by atoms with E-state index in [0.717, 1.165) is 30.3 Å². The second-order valence-corrected chi connectivity index (χ2v) is 7.03. The van der Waals surface area contributed by atoms with Crippen molar-refractivity contribution in [3.05, 3.63) is 70.8 Å². The van der Waals surface area contributed by atoms with Crippen molar-refractivity contribution in [1.82, 2.24) is 0 Å². The summed E-state index contributed by atoms with van der Waals surface area (Å²) >= 11 is 0. The average molecular weight is 361 g/mol. The summed E-state index contributed by atoms with van der Waals surface area (Å²) < 4.78 is 0. The van der Waals surface area contributed by atoms with Crippen LogP contribution in [0.25, 0.3) is 0 Å². The first-order valence-electron chi connectivity index (χ1n) is 8.67. The Bertz CT molecular complexity index is 599. The normalized spacial score (nSPS) is 9.65. The van der Waals surface area contributed by atoms with E-state index in [1.165, 1.54) is 11.1 Å². The van der Waals surface area contributed by atoms with E-state index < -0.39 is 0 Å². The SMILES string of the molecule is CC(C)Cc1ccc(C=O)cc1.CC(C)Cc1ccc(CO)cc1.[B].[H-].[Na+]. The van der Waals surface area contributed by atoms with Gasteiger partial charge < -0.3 is 6.53 Å². The molecule has 0 heterocycles. The van der Waals surface area contributed by atoms with E-state index in [1.807, 2.05) is 36.4 Å². The van der Waals surface area contributed by atoms with Crippen LogP contribution in [-0.4, -0.2) is 19.8 Å². The van der Waals surface area contributed by atoms with Gasteiger partial charge in [0.15, 0.2) is 0 Å². The standard InChI is InChI=1S/C11H16O.C11H14O.B.Na.H/c2*1-9(2)7-10-3-5-11(8-12)6-4-10;;;/h3-6,9,12H,7-8H2,1-2H3;3-6,8-9H,7H2,1-2H3;;;/q;;;+1;-1. The molecule has 0 saturated heterocycles. The van der Waals surface area contributed by atoms with Gasteiger partial charge >= 0.3 is 29.6 Å². The third kappa shape index (κ3) is 11.7. The molecule has 0 bridgehead atoms. The quantitative estimate of drug-likeness (QED) is 0.630. The monoisotopic (exact) mass is 361 g/mol. The summed E-state index contributed by atoms with van der Waals surface area (Å²) in [5.74, 6) is 1.37. The number of hydrogen-bond acceptors (Lipinski definition) is 2. The van der Waals surface area contributed by atoms with Crippen LogP contribution in [0.3, 0.4) is 0 Å². The van der Waals surface area contributed by atoms with Crippen molar-refractivity contribution in [2.75, 3.05) is 0 Å². The Balaban J connectivity index is -0.000000384. The van der Waals surface area contributed by atoms with E-state index in [0.29, 0.717) is 11.8 Å². The van der Waals surface area contributed by atoms with Crippen LogP contribution in [-0.2, 0) is 19.4 Å². The summed E-state index contributed by atoms with van der Waals surface area (Å²) in [6.45, 7) is 8.93. The number of carbonyl (C=O) groups is 1. The smallest absolute Gasteiger partial charge is 1.00 e. The minimum atomic E-state index is 0. The van der Waals surface area contributed by atoms with Gasteiger partial charge in [-0.2, -0.15) is 0 Å². The molecular formula is C22H31BNaO2. The third-order valence-electron chi connectivity index (χ3n) is 3.61. The molecule has 0 spiro atoms. The second kappa shape index (κ2) is 15.2. The van der Waals surface area contributed by atoms with E-state index in [2.05, 4.69) is 39.8 Å². The maximum atomic E-state index is 10.3. The van der Waals surface area contributed by atoms with Crippen LogP contribution in [0.15, 0.2) is 48.5 Å². The number of aldehydes is 1. The van der Waals surface area contributed by atoms with E-state index in [4.69, 9.17) is 5.11 Å². The number of aliphatic hydroxyl groups is 1. The molecule has 135 valence electrons. The zero-order chi connectivity index (χ0) is 17.9. The summed E-state index contributed by atoms with van der Waals surface area (Å²) in [5, 5.41) is 8.81.